The summed E-state index contributed by atoms with van der Waals surface area (Å²) < 4.78 is 27.3. The monoisotopic (exact) mass is 304 g/mol. The van der Waals surface area contributed by atoms with Crippen LogP contribution in [0.3, 0.4) is 0 Å². The first-order valence-electron chi connectivity index (χ1n) is 7.14. The Morgan fingerprint density at radius 3 is 2.05 bits per heavy atom. The predicted molar refractivity (Wildman–Crippen MR) is 76.5 cm³/mol. The summed E-state index contributed by atoms with van der Waals surface area (Å²) >= 11 is 0. The molecule has 116 valence electrons. The van der Waals surface area contributed by atoms with E-state index in [4.69, 9.17) is 0 Å². The van der Waals surface area contributed by atoms with Gasteiger partial charge in [0, 0.05) is 46.3 Å². The number of hydrogen-bond donors (Lipinski definition) is 1. The van der Waals surface area contributed by atoms with Gasteiger partial charge in [0.05, 0.1) is 0 Å². The Labute approximate surface area is 121 Å². The van der Waals surface area contributed by atoms with Gasteiger partial charge in [0.25, 0.3) is 10.2 Å². The third kappa shape index (κ3) is 3.62. The number of nitrogens with one attached hydrogen (secondary N) is 1. The molecule has 7 nitrogen and oxygen atoms in total. The number of likely N-dealkylation sites (tertiary alicyclic amines) is 2. The zero-order chi connectivity index (χ0) is 14.8. The van der Waals surface area contributed by atoms with Crippen molar-refractivity contribution in [3.8, 4) is 0 Å². The quantitative estimate of drug-likeness (QED) is 0.801. The smallest absolute Gasteiger partial charge is 0.319 e. The number of carbonyl (C=O) groups excluding carboxylic acids is 1. The molecular weight excluding hydrogens is 280 g/mol. The van der Waals surface area contributed by atoms with Gasteiger partial charge in [-0.1, -0.05) is 0 Å². The van der Waals surface area contributed by atoms with Gasteiger partial charge in [-0.05, 0) is 25.7 Å². The van der Waals surface area contributed by atoms with Crippen LogP contribution in [-0.4, -0.2) is 74.9 Å². The largest absolute Gasteiger partial charge is 0.325 e. The van der Waals surface area contributed by atoms with Crippen LogP contribution in [0.4, 0.5) is 4.79 Å². The third-order valence-electron chi connectivity index (χ3n) is 3.94. The van der Waals surface area contributed by atoms with Crippen LogP contribution < -0.4 is 4.72 Å². The zero-order valence-corrected chi connectivity index (χ0v) is 13.0. The van der Waals surface area contributed by atoms with E-state index < -0.39 is 10.2 Å². The molecule has 2 aliphatic heterocycles. The first-order valence-corrected chi connectivity index (χ1v) is 8.58. The molecule has 8 heteroatoms. The Bertz CT molecular complexity index is 438. The Morgan fingerprint density at radius 1 is 1.05 bits per heavy atom. The molecule has 20 heavy (non-hydrogen) atoms. The van der Waals surface area contributed by atoms with E-state index in [2.05, 4.69) is 4.72 Å². The van der Waals surface area contributed by atoms with Crippen molar-refractivity contribution in [3.63, 3.8) is 0 Å². The molecule has 0 spiro atoms. The van der Waals surface area contributed by atoms with Crippen LogP contribution in [0.15, 0.2) is 0 Å². The molecule has 2 heterocycles. The molecule has 2 fully saturated rings. The van der Waals surface area contributed by atoms with Crippen molar-refractivity contribution in [1.29, 1.82) is 0 Å². The zero-order valence-electron chi connectivity index (χ0n) is 12.2. The molecule has 0 radical (unpaired) electrons. The van der Waals surface area contributed by atoms with Crippen molar-refractivity contribution in [1.82, 2.24) is 18.8 Å². The molecule has 0 aromatic heterocycles. The lowest BCUT2D eigenvalue weighted by molar-refractivity contribution is 0.147. The van der Waals surface area contributed by atoms with Crippen molar-refractivity contribution >= 4 is 16.2 Å². The lowest BCUT2D eigenvalue weighted by Crippen LogP contribution is -2.51. The van der Waals surface area contributed by atoms with Crippen LogP contribution in [0.5, 0.6) is 0 Å². The lowest BCUT2D eigenvalue weighted by atomic mass is 10.1. The van der Waals surface area contributed by atoms with Crippen molar-refractivity contribution in [2.24, 2.45) is 0 Å². The molecule has 1 N–H and O–H groups in total. The van der Waals surface area contributed by atoms with E-state index in [9.17, 15) is 13.2 Å². The second-order valence-electron chi connectivity index (χ2n) is 5.64. The van der Waals surface area contributed by atoms with Crippen molar-refractivity contribution < 1.29 is 13.2 Å². The predicted octanol–water partition coefficient (Wildman–Crippen LogP) is 0.0626. The summed E-state index contributed by atoms with van der Waals surface area (Å²) in [6.07, 6.45) is 3.52. The summed E-state index contributed by atoms with van der Waals surface area (Å²) in [5.41, 5.74) is 0. The van der Waals surface area contributed by atoms with Gasteiger partial charge >= 0.3 is 6.03 Å². The molecule has 0 atom stereocenters. The second-order valence-corrected chi connectivity index (χ2v) is 7.56. The molecule has 0 saturated carbocycles. The standard InChI is InChI=1S/C12H24N4O3S/c1-14(2)20(18,19)13-11-5-9-16(10-6-11)12(17)15-7-3-4-8-15/h11,13H,3-10H2,1-2H3. The van der Waals surface area contributed by atoms with Crippen LogP contribution in [0.25, 0.3) is 0 Å². The fourth-order valence-electron chi connectivity index (χ4n) is 2.61. The van der Waals surface area contributed by atoms with Crippen molar-refractivity contribution in [2.75, 3.05) is 40.3 Å². The summed E-state index contributed by atoms with van der Waals surface area (Å²) in [4.78, 5) is 15.9. The van der Waals surface area contributed by atoms with E-state index in [0.29, 0.717) is 25.9 Å². The molecule has 2 amide bonds. The number of carbonyl (C=O) groups is 1. The number of piperidine rings is 1. The molecular formula is C12H24N4O3S. The van der Waals surface area contributed by atoms with Gasteiger partial charge in [-0.15, -0.1) is 0 Å². The van der Waals surface area contributed by atoms with Gasteiger partial charge in [-0.3, -0.25) is 0 Å². The van der Waals surface area contributed by atoms with E-state index in [1.165, 1.54) is 18.4 Å². The van der Waals surface area contributed by atoms with E-state index in [1.54, 1.807) is 0 Å². The summed E-state index contributed by atoms with van der Waals surface area (Å²) in [7, 11) is -0.365. The third-order valence-corrected chi connectivity index (χ3v) is 5.53. The molecule has 0 aromatic rings. The van der Waals surface area contributed by atoms with Gasteiger partial charge in [0.15, 0.2) is 0 Å². The Morgan fingerprint density at radius 2 is 1.55 bits per heavy atom. The molecule has 0 unspecified atom stereocenters. The maximum Gasteiger partial charge on any atom is 0.319 e. The van der Waals surface area contributed by atoms with Crippen LogP contribution in [0.1, 0.15) is 25.7 Å². The van der Waals surface area contributed by atoms with Crippen LogP contribution in [-0.2, 0) is 10.2 Å². The van der Waals surface area contributed by atoms with E-state index in [0.717, 1.165) is 25.9 Å². The average molecular weight is 304 g/mol. The molecule has 0 bridgehead atoms. The lowest BCUT2D eigenvalue weighted by Gasteiger charge is -2.34. The highest BCUT2D eigenvalue weighted by Gasteiger charge is 2.29. The molecule has 0 aromatic carbocycles. The van der Waals surface area contributed by atoms with E-state index >= 15 is 0 Å². The Balaban J connectivity index is 1.82. The molecule has 2 saturated heterocycles. The number of urea groups is 1. The Hall–Kier alpha value is -0.860. The highest BCUT2D eigenvalue weighted by molar-refractivity contribution is 7.87. The van der Waals surface area contributed by atoms with Crippen molar-refractivity contribution in [3.05, 3.63) is 0 Å². The molecule has 2 aliphatic rings. The topological polar surface area (TPSA) is 73.0 Å². The van der Waals surface area contributed by atoms with Gasteiger partial charge in [-0.25, -0.2) is 4.79 Å². The highest BCUT2D eigenvalue weighted by Crippen LogP contribution is 2.16. The van der Waals surface area contributed by atoms with Gasteiger partial charge < -0.3 is 9.80 Å². The van der Waals surface area contributed by atoms with Crippen LogP contribution in [0, 0.1) is 0 Å². The number of amides is 2. The van der Waals surface area contributed by atoms with Gasteiger partial charge in [0.1, 0.15) is 0 Å². The first kappa shape index (κ1) is 15.5. The Kier molecular flexibility index (Phi) is 4.87. The fraction of sp³-hybridized carbons (Fsp3) is 0.917. The normalized spacial score (nSPS) is 21.8. The number of nitrogens with zero attached hydrogens (tertiary/aromatic N) is 3. The summed E-state index contributed by atoms with van der Waals surface area (Å²) in [5, 5.41) is 0. The molecule has 2 rings (SSSR count). The van der Waals surface area contributed by atoms with E-state index in [-0.39, 0.29) is 12.1 Å². The number of hydrogen-bond acceptors (Lipinski definition) is 3. The second kappa shape index (κ2) is 6.28. The summed E-state index contributed by atoms with van der Waals surface area (Å²) in [6.45, 7) is 2.95. The minimum atomic E-state index is -3.38. The first-order chi connectivity index (χ1) is 9.40. The fourth-order valence-corrected chi connectivity index (χ4v) is 3.48. The van der Waals surface area contributed by atoms with Gasteiger partial charge in [-0.2, -0.15) is 17.4 Å². The summed E-state index contributed by atoms with van der Waals surface area (Å²) in [6, 6.07) is 0.0291. The molecule has 0 aliphatic carbocycles. The minimum absolute atomic E-state index is 0.0787. The van der Waals surface area contributed by atoms with E-state index in [1.807, 2.05) is 9.80 Å². The van der Waals surface area contributed by atoms with Crippen LogP contribution in [0.2, 0.25) is 0 Å². The maximum absolute atomic E-state index is 12.2. The minimum Gasteiger partial charge on any atom is -0.325 e. The highest BCUT2D eigenvalue weighted by atomic mass is 32.2. The van der Waals surface area contributed by atoms with Crippen molar-refractivity contribution in [2.45, 2.75) is 31.7 Å². The number of rotatable bonds is 3. The SMILES string of the molecule is CN(C)S(=O)(=O)NC1CCN(C(=O)N2CCCC2)CC1. The average Bonchev–Trinajstić information content (AvgIpc) is 2.92. The summed E-state index contributed by atoms with van der Waals surface area (Å²) in [5.74, 6) is 0. The maximum atomic E-state index is 12.2. The van der Waals surface area contributed by atoms with Crippen LogP contribution >= 0.6 is 0 Å². The van der Waals surface area contributed by atoms with Gasteiger partial charge in [0.2, 0.25) is 0 Å².